The molecule has 2 amide bonds. The molecule has 0 unspecified atom stereocenters. The number of likely N-dealkylation sites (tertiary alicyclic amines) is 1. The number of nitrogens with two attached hydrogens (primary N) is 1. The molecule has 2 aliphatic rings. The van der Waals surface area contributed by atoms with Gasteiger partial charge in [-0.1, -0.05) is 13.0 Å². The maximum Gasteiger partial charge on any atom is 0.300 e. The molecule has 2 fully saturated rings. The lowest BCUT2D eigenvalue weighted by molar-refractivity contribution is -0.136. The molecule has 12 heteroatoms. The number of aromatic nitrogens is 1. The van der Waals surface area contributed by atoms with Crippen LogP contribution in [0.25, 0.3) is 0 Å². The van der Waals surface area contributed by atoms with Gasteiger partial charge in [-0.2, -0.15) is 0 Å². The van der Waals surface area contributed by atoms with Crippen molar-refractivity contribution in [1.29, 1.82) is 0 Å². The monoisotopic (exact) mass is 510 g/mol. The summed E-state index contributed by atoms with van der Waals surface area (Å²) in [4.78, 5) is 49.2. The Hall–Kier alpha value is -3.09. The van der Waals surface area contributed by atoms with E-state index in [0.29, 0.717) is 26.1 Å². The first-order valence-electron chi connectivity index (χ1n) is 11.7. The SMILES string of the molecule is CC(=O)O.CC(=O)O.COCC(=O)N1C[C@@H]2[C@H](O)[C@@H](N)[C@H](C)[C@H](C(=O)NCCc3ccccn3)[C@H]2C1. The number of hydrogen-bond acceptors (Lipinski definition) is 8. The van der Waals surface area contributed by atoms with E-state index in [1.165, 1.54) is 7.11 Å². The zero-order valence-corrected chi connectivity index (χ0v) is 21.2. The second kappa shape index (κ2) is 15.1. The van der Waals surface area contributed by atoms with Gasteiger partial charge in [0.1, 0.15) is 6.61 Å². The van der Waals surface area contributed by atoms with Gasteiger partial charge >= 0.3 is 0 Å². The fourth-order valence-corrected chi connectivity index (χ4v) is 4.65. The number of aliphatic carboxylic acids is 2. The van der Waals surface area contributed by atoms with E-state index < -0.39 is 24.1 Å². The highest BCUT2D eigenvalue weighted by atomic mass is 16.5. The van der Waals surface area contributed by atoms with E-state index in [1.54, 1.807) is 11.1 Å². The van der Waals surface area contributed by atoms with Gasteiger partial charge in [0.15, 0.2) is 0 Å². The molecule has 1 saturated heterocycles. The van der Waals surface area contributed by atoms with Crippen molar-refractivity contribution >= 4 is 23.8 Å². The summed E-state index contributed by atoms with van der Waals surface area (Å²) in [5, 5.41) is 28.5. The van der Waals surface area contributed by atoms with E-state index in [4.69, 9.17) is 30.3 Å². The molecule has 6 atom stereocenters. The second-order valence-corrected chi connectivity index (χ2v) is 8.91. The normalized spacial score (nSPS) is 26.3. The number of carbonyl (C=O) groups is 4. The number of rotatable bonds is 6. The van der Waals surface area contributed by atoms with Gasteiger partial charge in [0, 0.05) is 76.8 Å². The molecule has 202 valence electrons. The standard InChI is InChI=1S/C20H30N4O4.2C2H4O2/c1-12-17(20(27)23-8-6-13-5-3-4-7-22-13)14-9-24(16(25)11-28-2)10-15(14)19(26)18(12)21;2*1-2(3)4/h3-5,7,12,14-15,17-19,26H,6,8-11,21H2,1-2H3,(H,23,27);2*1H3,(H,3,4)/t12-,14+,15+,17+,18+,19+;;/m1../s1. The molecule has 0 radical (unpaired) electrons. The quantitative estimate of drug-likeness (QED) is 0.336. The number of carbonyl (C=O) groups excluding carboxylic acids is 2. The molecular weight excluding hydrogens is 472 g/mol. The number of carboxylic acid groups (broad SMARTS) is 2. The summed E-state index contributed by atoms with van der Waals surface area (Å²) in [7, 11) is 1.48. The Morgan fingerprint density at radius 2 is 1.72 bits per heavy atom. The van der Waals surface area contributed by atoms with Crippen LogP contribution in [-0.2, 0) is 30.3 Å². The van der Waals surface area contributed by atoms with Crippen LogP contribution in [0.1, 0.15) is 26.5 Å². The number of nitrogens with zero attached hydrogens (tertiary/aromatic N) is 2. The summed E-state index contributed by atoms with van der Waals surface area (Å²) in [5.41, 5.74) is 7.16. The zero-order valence-electron chi connectivity index (χ0n) is 21.2. The predicted molar refractivity (Wildman–Crippen MR) is 130 cm³/mol. The van der Waals surface area contributed by atoms with Crippen molar-refractivity contribution in [3.63, 3.8) is 0 Å². The van der Waals surface area contributed by atoms with E-state index in [-0.39, 0.29) is 42.1 Å². The summed E-state index contributed by atoms with van der Waals surface area (Å²) < 4.78 is 4.94. The number of amides is 2. The Bertz CT molecular complexity index is 849. The Labute approximate surface area is 210 Å². The largest absolute Gasteiger partial charge is 0.481 e. The van der Waals surface area contributed by atoms with Gasteiger partial charge in [-0.05, 0) is 24.0 Å². The van der Waals surface area contributed by atoms with Crippen molar-refractivity contribution in [3.8, 4) is 0 Å². The first kappa shape index (κ1) is 30.9. The molecular formula is C24H38N4O8. The van der Waals surface area contributed by atoms with Crippen molar-refractivity contribution in [1.82, 2.24) is 15.2 Å². The highest BCUT2D eigenvalue weighted by molar-refractivity contribution is 5.81. The van der Waals surface area contributed by atoms with Crippen LogP contribution in [0.2, 0.25) is 0 Å². The summed E-state index contributed by atoms with van der Waals surface area (Å²) in [5.74, 6) is -2.68. The molecule has 0 bridgehead atoms. The molecule has 0 spiro atoms. The number of methoxy groups -OCH3 is 1. The fraction of sp³-hybridized carbons (Fsp3) is 0.625. The highest BCUT2D eigenvalue weighted by Crippen LogP contribution is 2.43. The lowest BCUT2D eigenvalue weighted by Gasteiger charge is -2.43. The number of ether oxygens (including phenoxy) is 1. The minimum atomic E-state index is -0.833. The Morgan fingerprint density at radius 1 is 1.14 bits per heavy atom. The third-order valence-electron chi connectivity index (χ3n) is 6.21. The third-order valence-corrected chi connectivity index (χ3v) is 6.21. The van der Waals surface area contributed by atoms with Crippen molar-refractivity contribution in [2.45, 2.75) is 39.3 Å². The topological polar surface area (TPSA) is 192 Å². The molecule has 6 N–H and O–H groups in total. The predicted octanol–water partition coefficient (Wildman–Crippen LogP) is -0.403. The van der Waals surface area contributed by atoms with Crippen molar-refractivity contribution in [3.05, 3.63) is 30.1 Å². The molecule has 0 aromatic carbocycles. The first-order valence-corrected chi connectivity index (χ1v) is 11.7. The number of hydrogen-bond donors (Lipinski definition) is 5. The van der Waals surface area contributed by atoms with E-state index in [9.17, 15) is 14.7 Å². The summed E-state index contributed by atoms with van der Waals surface area (Å²) in [6.07, 6.45) is 1.66. The first-order chi connectivity index (χ1) is 16.9. The number of nitrogens with one attached hydrogen (secondary N) is 1. The maximum absolute atomic E-state index is 13.0. The molecule has 3 rings (SSSR count). The van der Waals surface area contributed by atoms with Crippen LogP contribution in [-0.4, -0.2) is 94.5 Å². The van der Waals surface area contributed by atoms with Gasteiger partial charge in [0.2, 0.25) is 11.8 Å². The van der Waals surface area contributed by atoms with Crippen LogP contribution >= 0.6 is 0 Å². The Morgan fingerprint density at radius 3 is 2.25 bits per heavy atom. The van der Waals surface area contributed by atoms with Gasteiger partial charge in [-0.3, -0.25) is 24.2 Å². The average molecular weight is 511 g/mol. The van der Waals surface area contributed by atoms with E-state index in [1.807, 2.05) is 25.1 Å². The molecule has 36 heavy (non-hydrogen) atoms. The lowest BCUT2D eigenvalue weighted by Crippen LogP contribution is -2.58. The number of carboxylic acids is 2. The van der Waals surface area contributed by atoms with Gasteiger partial charge in [0.25, 0.3) is 11.9 Å². The van der Waals surface area contributed by atoms with Gasteiger partial charge in [-0.25, -0.2) is 0 Å². The van der Waals surface area contributed by atoms with Crippen molar-refractivity contribution in [2.75, 3.05) is 33.4 Å². The highest BCUT2D eigenvalue weighted by Gasteiger charge is 2.53. The number of aliphatic hydroxyl groups excluding tert-OH is 1. The Kier molecular flexibility index (Phi) is 13.0. The van der Waals surface area contributed by atoms with Crippen LogP contribution < -0.4 is 11.1 Å². The van der Waals surface area contributed by atoms with E-state index in [0.717, 1.165) is 19.5 Å². The fourth-order valence-electron chi connectivity index (χ4n) is 4.65. The molecule has 1 aromatic rings. The minimum Gasteiger partial charge on any atom is -0.481 e. The molecule has 1 aliphatic heterocycles. The van der Waals surface area contributed by atoms with Crippen molar-refractivity contribution in [2.24, 2.45) is 29.4 Å². The molecule has 12 nitrogen and oxygen atoms in total. The van der Waals surface area contributed by atoms with E-state index in [2.05, 4.69) is 10.3 Å². The van der Waals surface area contributed by atoms with Crippen LogP contribution in [0.3, 0.4) is 0 Å². The van der Waals surface area contributed by atoms with Gasteiger partial charge in [-0.15, -0.1) is 0 Å². The average Bonchev–Trinajstić information content (AvgIpc) is 3.23. The molecule has 1 aliphatic carbocycles. The van der Waals surface area contributed by atoms with Crippen LogP contribution in [0.4, 0.5) is 0 Å². The number of pyridine rings is 1. The van der Waals surface area contributed by atoms with Gasteiger partial charge < -0.3 is 36.0 Å². The third kappa shape index (κ3) is 9.51. The second-order valence-electron chi connectivity index (χ2n) is 8.91. The van der Waals surface area contributed by atoms with Crippen LogP contribution in [0.5, 0.6) is 0 Å². The zero-order chi connectivity index (χ0) is 27.4. The van der Waals surface area contributed by atoms with Crippen LogP contribution in [0, 0.1) is 23.7 Å². The number of fused-ring (bicyclic) bond motifs is 1. The minimum absolute atomic E-state index is 0.00190. The van der Waals surface area contributed by atoms with E-state index >= 15 is 0 Å². The summed E-state index contributed by atoms with van der Waals surface area (Å²) in [6.45, 7) is 5.41. The molecule has 2 heterocycles. The lowest BCUT2D eigenvalue weighted by atomic mass is 9.64. The molecule has 1 saturated carbocycles. The van der Waals surface area contributed by atoms with Gasteiger partial charge in [0.05, 0.1) is 6.10 Å². The van der Waals surface area contributed by atoms with Crippen molar-refractivity contribution < 1.29 is 39.2 Å². The summed E-state index contributed by atoms with van der Waals surface area (Å²) >= 11 is 0. The number of aliphatic hydroxyl groups is 1. The Balaban J connectivity index is 0.000000709. The van der Waals surface area contributed by atoms with Crippen LogP contribution in [0.15, 0.2) is 24.4 Å². The maximum atomic E-state index is 13.0. The smallest absolute Gasteiger partial charge is 0.300 e. The summed E-state index contributed by atoms with van der Waals surface area (Å²) in [6, 6.07) is 5.21. The molecule has 1 aromatic heterocycles.